The van der Waals surface area contributed by atoms with Crippen LogP contribution in [0.2, 0.25) is 0 Å². The zero-order valence-electron chi connectivity index (χ0n) is 18.5. The molecule has 5 N–H and O–H groups in total. The van der Waals surface area contributed by atoms with E-state index in [1.807, 2.05) is 24.3 Å². The van der Waals surface area contributed by atoms with Gasteiger partial charge in [0.15, 0.2) is 0 Å². The minimum Gasteiger partial charge on any atom is -0.369 e. The second kappa shape index (κ2) is 12.6. The lowest BCUT2D eigenvalue weighted by molar-refractivity contribution is -0.127. The van der Waals surface area contributed by atoms with Crippen LogP contribution in [0.3, 0.4) is 0 Å². The first-order valence-electron chi connectivity index (χ1n) is 10.2. The Morgan fingerprint density at radius 1 is 0.879 bits per heavy atom. The third-order valence-corrected chi connectivity index (χ3v) is 4.52. The molecule has 0 radical (unpaired) electrons. The summed E-state index contributed by atoms with van der Waals surface area (Å²) >= 11 is 0. The third kappa shape index (κ3) is 8.43. The van der Waals surface area contributed by atoms with Crippen molar-refractivity contribution in [3.8, 4) is 0 Å². The number of anilines is 1. The number of hydroxylamine groups is 1. The molecule has 1 atom stereocenters. The maximum atomic E-state index is 12.6. The van der Waals surface area contributed by atoms with Crippen LogP contribution in [0.25, 0.3) is 6.08 Å². The predicted octanol–water partition coefficient (Wildman–Crippen LogP) is 3.72. The second-order valence-electron chi connectivity index (χ2n) is 7.33. The standard InChI is InChI=1S/C19H19N3O4.C7H8/c1-12-9-13(7-8-16(23)22-26)11-14(10-12)17(18(20)24)19(25)21-15-5-3-2-4-6-15;1-7-5-3-2-4-6-7/h2-11,17,26H,1H3,(H2,20,24)(H,21,25)(H,22,23);2-6H,1H3/b8-7+;. The number of hydrogen-bond donors (Lipinski definition) is 4. The number of nitrogens with one attached hydrogen (secondary N) is 2. The van der Waals surface area contributed by atoms with E-state index in [0.717, 1.165) is 11.6 Å². The van der Waals surface area contributed by atoms with E-state index >= 15 is 0 Å². The maximum Gasteiger partial charge on any atom is 0.267 e. The summed E-state index contributed by atoms with van der Waals surface area (Å²) in [7, 11) is 0. The molecule has 0 fully saturated rings. The number of amides is 3. The lowest BCUT2D eigenvalue weighted by Crippen LogP contribution is -2.32. The molecule has 0 spiro atoms. The van der Waals surface area contributed by atoms with Gasteiger partial charge in [-0.15, -0.1) is 0 Å². The molecule has 7 nitrogen and oxygen atoms in total. The molecule has 0 aliphatic heterocycles. The molecule has 0 heterocycles. The number of para-hydroxylation sites is 1. The molecule has 7 heteroatoms. The van der Waals surface area contributed by atoms with Crippen LogP contribution in [0, 0.1) is 13.8 Å². The molecule has 1 unspecified atom stereocenters. The number of primary amides is 1. The van der Waals surface area contributed by atoms with Gasteiger partial charge in [-0.05, 0) is 43.2 Å². The van der Waals surface area contributed by atoms with Gasteiger partial charge in [0.2, 0.25) is 11.8 Å². The summed E-state index contributed by atoms with van der Waals surface area (Å²) in [5.74, 6) is -3.21. The number of carbonyl (C=O) groups excluding carboxylic acids is 3. The topological polar surface area (TPSA) is 122 Å². The Balaban J connectivity index is 0.000000468. The van der Waals surface area contributed by atoms with Crippen LogP contribution < -0.4 is 16.5 Å². The molecule has 3 amide bonds. The van der Waals surface area contributed by atoms with Gasteiger partial charge in [0.1, 0.15) is 5.92 Å². The molecule has 33 heavy (non-hydrogen) atoms. The van der Waals surface area contributed by atoms with Gasteiger partial charge in [-0.1, -0.05) is 77.9 Å². The summed E-state index contributed by atoms with van der Waals surface area (Å²) in [6, 6.07) is 24.0. The van der Waals surface area contributed by atoms with Crippen molar-refractivity contribution in [2.24, 2.45) is 5.73 Å². The zero-order valence-corrected chi connectivity index (χ0v) is 18.5. The van der Waals surface area contributed by atoms with Crippen LogP contribution >= 0.6 is 0 Å². The predicted molar refractivity (Wildman–Crippen MR) is 128 cm³/mol. The molecule has 0 saturated heterocycles. The summed E-state index contributed by atoms with van der Waals surface area (Å²) in [5.41, 5.74) is 10.6. The SMILES string of the molecule is Cc1cc(/C=C/C(=O)NO)cc(C(C(N)=O)C(=O)Nc2ccccc2)c1.Cc1ccccc1. The molecule has 0 aliphatic carbocycles. The van der Waals surface area contributed by atoms with Crippen LogP contribution in [0.4, 0.5) is 5.69 Å². The van der Waals surface area contributed by atoms with Gasteiger partial charge in [0.05, 0.1) is 0 Å². The molecular formula is C26H27N3O4. The van der Waals surface area contributed by atoms with Gasteiger partial charge in [-0.3, -0.25) is 19.6 Å². The molecule has 0 saturated carbocycles. The highest BCUT2D eigenvalue weighted by Crippen LogP contribution is 2.22. The van der Waals surface area contributed by atoms with Crippen LogP contribution in [0.5, 0.6) is 0 Å². The van der Waals surface area contributed by atoms with Gasteiger partial charge < -0.3 is 11.1 Å². The first-order chi connectivity index (χ1) is 15.8. The van der Waals surface area contributed by atoms with Crippen molar-refractivity contribution < 1.29 is 19.6 Å². The number of carbonyl (C=O) groups is 3. The molecule has 3 aromatic carbocycles. The summed E-state index contributed by atoms with van der Waals surface area (Å²) in [5, 5.41) is 11.2. The van der Waals surface area contributed by atoms with E-state index in [1.165, 1.54) is 17.1 Å². The Hall–Kier alpha value is -4.23. The van der Waals surface area contributed by atoms with Crippen molar-refractivity contribution >= 4 is 29.5 Å². The number of hydrogen-bond acceptors (Lipinski definition) is 4. The van der Waals surface area contributed by atoms with Gasteiger partial charge in [0, 0.05) is 11.8 Å². The minimum atomic E-state index is -1.19. The highest BCUT2D eigenvalue weighted by molar-refractivity contribution is 6.10. The Labute approximate surface area is 192 Å². The minimum absolute atomic E-state index is 0.412. The Bertz CT molecular complexity index is 1110. The summed E-state index contributed by atoms with van der Waals surface area (Å²) in [6.07, 6.45) is 2.58. The van der Waals surface area contributed by atoms with Gasteiger partial charge >= 0.3 is 0 Å². The molecular weight excluding hydrogens is 418 g/mol. The first-order valence-corrected chi connectivity index (χ1v) is 10.2. The lowest BCUT2D eigenvalue weighted by Gasteiger charge is -2.15. The quantitative estimate of drug-likeness (QED) is 0.200. The Kier molecular flexibility index (Phi) is 9.55. The van der Waals surface area contributed by atoms with E-state index in [-0.39, 0.29) is 0 Å². The van der Waals surface area contributed by atoms with Gasteiger partial charge in [-0.25, -0.2) is 5.48 Å². The third-order valence-electron chi connectivity index (χ3n) is 4.52. The van der Waals surface area contributed by atoms with Crippen LogP contribution in [0.1, 0.15) is 28.2 Å². The van der Waals surface area contributed by atoms with E-state index in [9.17, 15) is 14.4 Å². The number of rotatable bonds is 6. The van der Waals surface area contributed by atoms with E-state index in [1.54, 1.807) is 49.4 Å². The summed E-state index contributed by atoms with van der Waals surface area (Å²) in [4.78, 5) is 35.6. The molecule has 0 bridgehead atoms. The summed E-state index contributed by atoms with van der Waals surface area (Å²) in [6.45, 7) is 3.88. The Morgan fingerprint density at radius 3 is 2.00 bits per heavy atom. The largest absolute Gasteiger partial charge is 0.369 e. The molecule has 3 rings (SSSR count). The van der Waals surface area contributed by atoms with E-state index in [0.29, 0.717) is 16.8 Å². The smallest absolute Gasteiger partial charge is 0.267 e. The van der Waals surface area contributed by atoms with Crippen molar-refractivity contribution in [3.05, 3.63) is 107 Å². The van der Waals surface area contributed by atoms with E-state index in [2.05, 4.69) is 24.4 Å². The zero-order chi connectivity index (χ0) is 24.2. The molecule has 170 valence electrons. The van der Waals surface area contributed by atoms with E-state index in [4.69, 9.17) is 10.9 Å². The van der Waals surface area contributed by atoms with Crippen LogP contribution in [-0.4, -0.2) is 22.9 Å². The highest BCUT2D eigenvalue weighted by Gasteiger charge is 2.27. The monoisotopic (exact) mass is 445 g/mol. The average Bonchev–Trinajstić information content (AvgIpc) is 2.78. The van der Waals surface area contributed by atoms with Crippen LogP contribution in [-0.2, 0) is 14.4 Å². The van der Waals surface area contributed by atoms with E-state index < -0.39 is 23.6 Å². The normalized spacial score (nSPS) is 11.1. The van der Waals surface area contributed by atoms with Gasteiger partial charge in [0.25, 0.3) is 5.91 Å². The molecule has 0 aromatic heterocycles. The van der Waals surface area contributed by atoms with Crippen LogP contribution in [0.15, 0.2) is 84.9 Å². The maximum absolute atomic E-state index is 12.6. The van der Waals surface area contributed by atoms with Crippen molar-refractivity contribution in [1.82, 2.24) is 5.48 Å². The van der Waals surface area contributed by atoms with Crippen molar-refractivity contribution in [2.45, 2.75) is 19.8 Å². The fraction of sp³-hybridized carbons (Fsp3) is 0.115. The first kappa shape index (κ1) is 25.0. The lowest BCUT2D eigenvalue weighted by atomic mass is 9.93. The fourth-order valence-electron chi connectivity index (χ4n) is 3.03. The molecule has 0 aliphatic rings. The fourth-order valence-corrected chi connectivity index (χ4v) is 3.03. The summed E-state index contributed by atoms with van der Waals surface area (Å²) < 4.78 is 0. The number of aryl methyl sites for hydroxylation is 2. The Morgan fingerprint density at radius 2 is 1.48 bits per heavy atom. The van der Waals surface area contributed by atoms with Crippen molar-refractivity contribution in [2.75, 3.05) is 5.32 Å². The molecule has 3 aromatic rings. The average molecular weight is 446 g/mol. The number of benzene rings is 3. The van der Waals surface area contributed by atoms with Crippen molar-refractivity contribution in [1.29, 1.82) is 0 Å². The number of nitrogens with two attached hydrogens (primary N) is 1. The highest BCUT2D eigenvalue weighted by atomic mass is 16.5. The van der Waals surface area contributed by atoms with Crippen molar-refractivity contribution in [3.63, 3.8) is 0 Å². The van der Waals surface area contributed by atoms with Gasteiger partial charge in [-0.2, -0.15) is 0 Å². The second-order valence-corrected chi connectivity index (χ2v) is 7.33.